The molecule has 1 aliphatic heterocycles. The predicted molar refractivity (Wildman–Crippen MR) is 70.2 cm³/mol. The molecule has 1 aliphatic rings. The first-order chi connectivity index (χ1) is 8.27. The van der Waals surface area contributed by atoms with Crippen molar-refractivity contribution in [2.75, 3.05) is 6.61 Å². The molecule has 0 spiro atoms. The summed E-state index contributed by atoms with van der Waals surface area (Å²) >= 11 is 0. The highest BCUT2D eigenvalue weighted by Crippen LogP contribution is 2.12. The average Bonchev–Trinajstić information content (AvgIpc) is 2.34. The molecule has 0 saturated carbocycles. The van der Waals surface area contributed by atoms with Gasteiger partial charge in [-0.1, -0.05) is 18.2 Å². The van der Waals surface area contributed by atoms with Gasteiger partial charge in [-0.3, -0.25) is 5.43 Å². The van der Waals surface area contributed by atoms with E-state index in [-0.39, 0.29) is 6.23 Å². The van der Waals surface area contributed by atoms with E-state index < -0.39 is 0 Å². The molecule has 0 amide bonds. The number of hydrogen-bond donors (Lipinski definition) is 1. The lowest BCUT2D eigenvalue weighted by molar-refractivity contribution is -0.00438. The zero-order valence-electron chi connectivity index (χ0n) is 10.6. The molecule has 17 heavy (non-hydrogen) atoms. The maximum Gasteiger partial charge on any atom is 0.142 e. The van der Waals surface area contributed by atoms with Crippen LogP contribution in [0.2, 0.25) is 0 Å². The average molecular weight is 232 g/mol. The first-order valence-corrected chi connectivity index (χ1v) is 6.24. The summed E-state index contributed by atoms with van der Waals surface area (Å²) in [6.45, 7) is 5.05. The second kappa shape index (κ2) is 5.82. The largest absolute Gasteiger partial charge is 0.357 e. The number of aryl methyl sites for hydroxylation is 2. The first kappa shape index (κ1) is 12.1. The molecule has 1 fully saturated rings. The van der Waals surface area contributed by atoms with Gasteiger partial charge in [0.2, 0.25) is 0 Å². The van der Waals surface area contributed by atoms with E-state index >= 15 is 0 Å². The van der Waals surface area contributed by atoms with Gasteiger partial charge in [-0.25, -0.2) is 0 Å². The fourth-order valence-electron chi connectivity index (χ4n) is 2.06. The van der Waals surface area contributed by atoms with E-state index in [1.54, 1.807) is 0 Å². The molecule has 1 atom stereocenters. The third kappa shape index (κ3) is 3.30. The van der Waals surface area contributed by atoms with Crippen LogP contribution in [0.3, 0.4) is 0 Å². The lowest BCUT2D eigenvalue weighted by Crippen LogP contribution is -2.31. The van der Waals surface area contributed by atoms with Gasteiger partial charge in [-0.2, -0.15) is 5.10 Å². The minimum atomic E-state index is 0.0873. The van der Waals surface area contributed by atoms with Crippen molar-refractivity contribution < 1.29 is 4.74 Å². The second-order valence-electron chi connectivity index (χ2n) is 4.55. The van der Waals surface area contributed by atoms with Gasteiger partial charge in [0.15, 0.2) is 0 Å². The van der Waals surface area contributed by atoms with Gasteiger partial charge in [0.05, 0.1) is 6.21 Å². The van der Waals surface area contributed by atoms with Gasteiger partial charge in [0.1, 0.15) is 6.23 Å². The van der Waals surface area contributed by atoms with Crippen LogP contribution in [-0.2, 0) is 4.74 Å². The quantitative estimate of drug-likeness (QED) is 0.642. The van der Waals surface area contributed by atoms with E-state index in [1.165, 1.54) is 29.5 Å². The summed E-state index contributed by atoms with van der Waals surface area (Å²) in [4.78, 5) is 0. The molecule has 1 heterocycles. The highest BCUT2D eigenvalue weighted by Gasteiger charge is 2.11. The maximum absolute atomic E-state index is 5.55. The zero-order valence-corrected chi connectivity index (χ0v) is 10.6. The van der Waals surface area contributed by atoms with E-state index in [0.717, 1.165) is 13.0 Å². The Morgan fingerprint density at radius 2 is 2.06 bits per heavy atom. The van der Waals surface area contributed by atoms with Crippen LogP contribution in [0.1, 0.15) is 36.0 Å². The van der Waals surface area contributed by atoms with Crippen molar-refractivity contribution in [2.24, 2.45) is 5.10 Å². The van der Waals surface area contributed by atoms with Crippen LogP contribution in [0.25, 0.3) is 0 Å². The molecule has 92 valence electrons. The second-order valence-corrected chi connectivity index (χ2v) is 4.55. The van der Waals surface area contributed by atoms with Crippen LogP contribution in [0.5, 0.6) is 0 Å². The summed E-state index contributed by atoms with van der Waals surface area (Å²) < 4.78 is 5.55. The summed E-state index contributed by atoms with van der Waals surface area (Å²) in [7, 11) is 0. The molecule has 1 unspecified atom stereocenters. The Kier molecular flexibility index (Phi) is 4.15. The lowest BCUT2D eigenvalue weighted by Gasteiger charge is -2.21. The summed E-state index contributed by atoms with van der Waals surface area (Å²) in [5, 5.41) is 4.29. The molecule has 1 aromatic carbocycles. The standard InChI is InChI=1S/C14H20N2O/c1-11-6-5-7-12(2)13(11)10-15-16-14-8-3-4-9-17-14/h5-7,10,14,16H,3-4,8-9H2,1-2H3/b15-10-. The molecule has 1 saturated heterocycles. The summed E-state index contributed by atoms with van der Waals surface area (Å²) in [6, 6.07) is 6.27. The van der Waals surface area contributed by atoms with Crippen LogP contribution in [0.4, 0.5) is 0 Å². The molecule has 0 aliphatic carbocycles. The molecule has 2 rings (SSSR count). The molecule has 3 heteroatoms. The summed E-state index contributed by atoms with van der Waals surface area (Å²) in [6.07, 6.45) is 5.41. The SMILES string of the molecule is Cc1cccc(C)c1/C=N\NC1CCCCO1. The van der Waals surface area contributed by atoms with E-state index in [4.69, 9.17) is 4.74 Å². The maximum atomic E-state index is 5.55. The number of hydrogen-bond acceptors (Lipinski definition) is 3. The molecular weight excluding hydrogens is 212 g/mol. The highest BCUT2D eigenvalue weighted by molar-refractivity contribution is 5.83. The lowest BCUT2D eigenvalue weighted by atomic mass is 10.0. The molecule has 1 aromatic rings. The highest BCUT2D eigenvalue weighted by atomic mass is 16.5. The van der Waals surface area contributed by atoms with Gasteiger partial charge < -0.3 is 4.74 Å². The zero-order chi connectivity index (χ0) is 12.1. The Balaban J connectivity index is 1.95. The van der Waals surface area contributed by atoms with Crippen LogP contribution in [-0.4, -0.2) is 19.0 Å². The van der Waals surface area contributed by atoms with Gasteiger partial charge in [0, 0.05) is 12.2 Å². The van der Waals surface area contributed by atoms with Crippen molar-refractivity contribution in [2.45, 2.75) is 39.3 Å². The van der Waals surface area contributed by atoms with Crippen molar-refractivity contribution in [3.8, 4) is 0 Å². The van der Waals surface area contributed by atoms with Crippen molar-refractivity contribution in [1.82, 2.24) is 5.43 Å². The Labute approximate surface area is 103 Å². The Morgan fingerprint density at radius 1 is 1.29 bits per heavy atom. The van der Waals surface area contributed by atoms with E-state index in [9.17, 15) is 0 Å². The molecule has 0 radical (unpaired) electrons. The van der Waals surface area contributed by atoms with Gasteiger partial charge in [0.25, 0.3) is 0 Å². The smallest absolute Gasteiger partial charge is 0.142 e. The number of rotatable bonds is 3. The summed E-state index contributed by atoms with van der Waals surface area (Å²) in [5.41, 5.74) is 6.76. The molecule has 0 bridgehead atoms. The normalized spacial score (nSPS) is 20.7. The van der Waals surface area contributed by atoms with E-state index in [0.29, 0.717) is 0 Å². The van der Waals surface area contributed by atoms with Crippen molar-refractivity contribution in [3.05, 3.63) is 34.9 Å². The molecule has 0 aromatic heterocycles. The number of nitrogens with zero attached hydrogens (tertiary/aromatic N) is 1. The number of ether oxygens (including phenoxy) is 1. The topological polar surface area (TPSA) is 33.6 Å². The Hall–Kier alpha value is -1.35. The third-order valence-electron chi connectivity index (χ3n) is 3.13. The minimum absolute atomic E-state index is 0.0873. The van der Waals surface area contributed by atoms with Crippen molar-refractivity contribution in [1.29, 1.82) is 0 Å². The molecule has 1 N–H and O–H groups in total. The van der Waals surface area contributed by atoms with Crippen LogP contribution >= 0.6 is 0 Å². The van der Waals surface area contributed by atoms with Crippen molar-refractivity contribution in [3.63, 3.8) is 0 Å². The molecular formula is C14H20N2O. The Bertz CT molecular complexity index is 375. The fourth-order valence-corrected chi connectivity index (χ4v) is 2.06. The van der Waals surface area contributed by atoms with Crippen LogP contribution in [0.15, 0.2) is 23.3 Å². The third-order valence-corrected chi connectivity index (χ3v) is 3.13. The predicted octanol–water partition coefficient (Wildman–Crippen LogP) is 2.75. The first-order valence-electron chi connectivity index (χ1n) is 6.24. The molecule has 3 nitrogen and oxygen atoms in total. The van der Waals surface area contributed by atoms with E-state index in [2.05, 4.69) is 42.6 Å². The van der Waals surface area contributed by atoms with Crippen molar-refractivity contribution >= 4 is 6.21 Å². The monoisotopic (exact) mass is 232 g/mol. The van der Waals surface area contributed by atoms with Crippen LogP contribution in [0, 0.1) is 13.8 Å². The number of hydrazone groups is 1. The number of benzene rings is 1. The minimum Gasteiger partial charge on any atom is -0.357 e. The Morgan fingerprint density at radius 3 is 2.71 bits per heavy atom. The van der Waals surface area contributed by atoms with Gasteiger partial charge in [-0.15, -0.1) is 0 Å². The van der Waals surface area contributed by atoms with E-state index in [1.807, 2.05) is 6.21 Å². The fraction of sp³-hybridized carbons (Fsp3) is 0.500. The summed E-state index contributed by atoms with van der Waals surface area (Å²) in [5.74, 6) is 0. The number of nitrogens with one attached hydrogen (secondary N) is 1. The van der Waals surface area contributed by atoms with Crippen LogP contribution < -0.4 is 5.43 Å². The van der Waals surface area contributed by atoms with Gasteiger partial charge in [-0.05, 0) is 44.2 Å². The van der Waals surface area contributed by atoms with Gasteiger partial charge >= 0.3 is 0 Å².